The molecular formula is C21H18N2O5. The fraction of sp³-hybridized carbons (Fsp3) is 0.143. The number of phenolic OH excluding ortho intramolecular Hbond substituents is 1. The topological polar surface area (TPSA) is 93.7 Å². The average molecular weight is 378 g/mol. The maximum absolute atomic E-state index is 13.0. The number of hydrogen-bond acceptors (Lipinski definition) is 6. The summed E-state index contributed by atoms with van der Waals surface area (Å²) in [5.41, 5.74) is 1.96. The lowest BCUT2D eigenvalue weighted by Crippen LogP contribution is -2.03. The van der Waals surface area contributed by atoms with Crippen LogP contribution in [0.2, 0.25) is 0 Å². The van der Waals surface area contributed by atoms with Crippen LogP contribution in [0.15, 0.2) is 42.6 Å². The van der Waals surface area contributed by atoms with E-state index >= 15 is 0 Å². The number of carbonyl (C=O) groups is 1. The van der Waals surface area contributed by atoms with Crippen LogP contribution < -0.4 is 14.2 Å². The number of nitrogens with zero attached hydrogens (tertiary/aromatic N) is 1. The Morgan fingerprint density at radius 2 is 1.71 bits per heavy atom. The van der Waals surface area contributed by atoms with Crippen LogP contribution in [0.25, 0.3) is 21.9 Å². The van der Waals surface area contributed by atoms with Gasteiger partial charge >= 0.3 is 0 Å². The Hall–Kier alpha value is -3.74. The zero-order chi connectivity index (χ0) is 19.8. The van der Waals surface area contributed by atoms with E-state index < -0.39 is 0 Å². The van der Waals surface area contributed by atoms with Gasteiger partial charge in [0.2, 0.25) is 0 Å². The van der Waals surface area contributed by atoms with Gasteiger partial charge in [0.25, 0.3) is 0 Å². The molecule has 0 amide bonds. The van der Waals surface area contributed by atoms with E-state index in [1.165, 1.54) is 25.4 Å². The fourth-order valence-corrected chi connectivity index (χ4v) is 3.21. The molecule has 28 heavy (non-hydrogen) atoms. The number of pyridine rings is 1. The third kappa shape index (κ3) is 2.77. The number of phenols is 1. The van der Waals surface area contributed by atoms with E-state index in [0.29, 0.717) is 28.5 Å². The number of ether oxygens (including phenoxy) is 3. The molecule has 142 valence electrons. The molecule has 7 heteroatoms. The summed E-state index contributed by atoms with van der Waals surface area (Å²) < 4.78 is 15.9. The largest absolute Gasteiger partial charge is 0.507 e. The molecule has 2 aromatic heterocycles. The average Bonchev–Trinajstić information content (AvgIpc) is 3.09. The van der Waals surface area contributed by atoms with E-state index in [4.69, 9.17) is 14.2 Å². The first kappa shape index (κ1) is 17.7. The highest BCUT2D eigenvalue weighted by atomic mass is 16.5. The number of H-pyrrole nitrogens is 1. The summed E-state index contributed by atoms with van der Waals surface area (Å²) in [7, 11) is 4.64. The van der Waals surface area contributed by atoms with Gasteiger partial charge in [-0.05, 0) is 30.3 Å². The quantitative estimate of drug-likeness (QED) is 0.515. The normalized spacial score (nSPS) is 11.0. The minimum Gasteiger partial charge on any atom is -0.507 e. The molecule has 2 aromatic carbocycles. The number of aromatic hydroxyl groups is 1. The van der Waals surface area contributed by atoms with Gasteiger partial charge in [0, 0.05) is 28.6 Å². The van der Waals surface area contributed by atoms with Crippen LogP contribution in [0.3, 0.4) is 0 Å². The lowest BCUT2D eigenvalue weighted by atomic mass is 10.0. The summed E-state index contributed by atoms with van der Waals surface area (Å²) in [6.45, 7) is 0. The molecule has 0 spiro atoms. The predicted octanol–water partition coefficient (Wildman–Crippen LogP) is 3.68. The van der Waals surface area contributed by atoms with Crippen LogP contribution in [0.5, 0.6) is 23.0 Å². The Morgan fingerprint density at radius 3 is 2.43 bits per heavy atom. The van der Waals surface area contributed by atoms with Crippen molar-refractivity contribution < 1.29 is 24.1 Å². The molecule has 0 saturated carbocycles. The van der Waals surface area contributed by atoms with E-state index in [1.54, 1.807) is 26.4 Å². The van der Waals surface area contributed by atoms with Crippen LogP contribution in [-0.4, -0.2) is 42.2 Å². The monoisotopic (exact) mass is 378 g/mol. The number of aromatic amines is 1. The molecule has 0 radical (unpaired) electrons. The Kier molecular flexibility index (Phi) is 4.27. The number of carbonyl (C=O) groups excluding carboxylic acids is 1. The Balaban J connectivity index is 1.87. The molecule has 0 aliphatic heterocycles. The highest BCUT2D eigenvalue weighted by Crippen LogP contribution is 2.36. The zero-order valence-corrected chi connectivity index (χ0v) is 15.6. The number of nitrogens with one attached hydrogen (secondary N) is 1. The maximum Gasteiger partial charge on any atom is 0.198 e. The van der Waals surface area contributed by atoms with E-state index in [0.717, 1.165) is 16.3 Å². The van der Waals surface area contributed by atoms with Crippen molar-refractivity contribution in [1.29, 1.82) is 0 Å². The minimum absolute atomic E-state index is 0.115. The second-order valence-electron chi connectivity index (χ2n) is 6.21. The van der Waals surface area contributed by atoms with Gasteiger partial charge in [-0.2, -0.15) is 0 Å². The molecule has 2 heterocycles. The molecule has 0 atom stereocenters. The SMILES string of the molecule is COc1ccc(O)c(C(=O)c2cnc3[nH]c4cc(OC)c(OC)cc4c3c2)c1. The molecule has 0 aliphatic rings. The lowest BCUT2D eigenvalue weighted by molar-refractivity contribution is 0.103. The minimum atomic E-state index is -0.347. The van der Waals surface area contributed by atoms with E-state index in [2.05, 4.69) is 9.97 Å². The summed E-state index contributed by atoms with van der Waals surface area (Å²) >= 11 is 0. The van der Waals surface area contributed by atoms with E-state index in [9.17, 15) is 9.90 Å². The summed E-state index contributed by atoms with van der Waals surface area (Å²) in [4.78, 5) is 20.5. The first-order chi connectivity index (χ1) is 13.5. The molecule has 0 unspecified atom stereocenters. The first-order valence-corrected chi connectivity index (χ1v) is 8.51. The summed E-state index contributed by atoms with van der Waals surface area (Å²) in [6.07, 6.45) is 1.48. The van der Waals surface area contributed by atoms with Crippen molar-refractivity contribution in [2.75, 3.05) is 21.3 Å². The first-order valence-electron chi connectivity index (χ1n) is 8.51. The van der Waals surface area contributed by atoms with Crippen LogP contribution in [0.4, 0.5) is 0 Å². The van der Waals surface area contributed by atoms with Crippen LogP contribution in [-0.2, 0) is 0 Å². The third-order valence-corrected chi connectivity index (χ3v) is 4.67. The lowest BCUT2D eigenvalue weighted by Gasteiger charge is -2.07. The maximum atomic E-state index is 13.0. The smallest absolute Gasteiger partial charge is 0.198 e. The van der Waals surface area contributed by atoms with Gasteiger partial charge in [0.15, 0.2) is 17.3 Å². The molecule has 0 saturated heterocycles. The van der Waals surface area contributed by atoms with Crippen molar-refractivity contribution >= 4 is 27.7 Å². The van der Waals surface area contributed by atoms with Crippen LogP contribution in [0.1, 0.15) is 15.9 Å². The van der Waals surface area contributed by atoms with Crippen molar-refractivity contribution in [1.82, 2.24) is 9.97 Å². The Labute approximate surface area is 160 Å². The second-order valence-corrected chi connectivity index (χ2v) is 6.21. The molecule has 4 rings (SSSR count). The van der Waals surface area contributed by atoms with Gasteiger partial charge in [-0.25, -0.2) is 4.98 Å². The predicted molar refractivity (Wildman–Crippen MR) is 105 cm³/mol. The van der Waals surface area contributed by atoms with Gasteiger partial charge in [-0.3, -0.25) is 4.79 Å². The van der Waals surface area contributed by atoms with Crippen molar-refractivity contribution in [2.45, 2.75) is 0 Å². The number of aromatic nitrogens is 2. The fourth-order valence-electron chi connectivity index (χ4n) is 3.21. The Morgan fingerprint density at radius 1 is 0.964 bits per heavy atom. The molecule has 0 fully saturated rings. The highest BCUT2D eigenvalue weighted by Gasteiger charge is 2.18. The van der Waals surface area contributed by atoms with E-state index in [-0.39, 0.29) is 17.1 Å². The van der Waals surface area contributed by atoms with Gasteiger partial charge in [0.05, 0.1) is 32.4 Å². The molecule has 7 nitrogen and oxygen atoms in total. The molecule has 0 aliphatic carbocycles. The summed E-state index contributed by atoms with van der Waals surface area (Å²) in [5, 5.41) is 11.7. The number of rotatable bonds is 5. The zero-order valence-electron chi connectivity index (χ0n) is 15.6. The van der Waals surface area contributed by atoms with Crippen molar-refractivity contribution in [2.24, 2.45) is 0 Å². The standard InChI is InChI=1S/C21H18N2O5/c1-26-12-4-5-17(24)15(7-12)20(25)11-6-14-13-8-18(27-2)19(28-3)9-16(13)23-21(14)22-10-11/h4-10,24H,1-3H3,(H,22,23). The Bertz CT molecular complexity index is 1210. The highest BCUT2D eigenvalue weighted by molar-refractivity contribution is 6.14. The summed E-state index contributed by atoms with van der Waals surface area (Å²) in [6, 6.07) is 9.93. The number of methoxy groups -OCH3 is 3. The van der Waals surface area contributed by atoms with Crippen molar-refractivity contribution in [3.8, 4) is 23.0 Å². The molecule has 0 bridgehead atoms. The second kappa shape index (κ2) is 6.77. The number of ketones is 1. The van der Waals surface area contributed by atoms with Crippen molar-refractivity contribution in [3.05, 3.63) is 53.7 Å². The van der Waals surface area contributed by atoms with Gasteiger partial charge in [-0.1, -0.05) is 0 Å². The summed E-state index contributed by atoms with van der Waals surface area (Å²) in [5.74, 6) is 1.20. The molecule has 4 aromatic rings. The van der Waals surface area contributed by atoms with E-state index in [1.807, 2.05) is 12.1 Å². The molecular weight excluding hydrogens is 360 g/mol. The van der Waals surface area contributed by atoms with Gasteiger partial charge in [-0.15, -0.1) is 0 Å². The van der Waals surface area contributed by atoms with Gasteiger partial charge < -0.3 is 24.3 Å². The third-order valence-electron chi connectivity index (χ3n) is 4.67. The number of benzene rings is 2. The van der Waals surface area contributed by atoms with Gasteiger partial charge in [0.1, 0.15) is 17.1 Å². The van der Waals surface area contributed by atoms with Crippen LogP contribution in [0, 0.1) is 0 Å². The van der Waals surface area contributed by atoms with Crippen LogP contribution >= 0.6 is 0 Å². The molecule has 2 N–H and O–H groups in total. The number of hydrogen-bond donors (Lipinski definition) is 2. The van der Waals surface area contributed by atoms with Crippen molar-refractivity contribution in [3.63, 3.8) is 0 Å². The number of fused-ring (bicyclic) bond motifs is 3.